The SMILES string of the molecule is Cc1cc2[nH]cnc2c(NC=C(C#N)C#N)c1C. The molecule has 0 saturated carbocycles. The van der Waals surface area contributed by atoms with Crippen LogP contribution in [0.3, 0.4) is 0 Å². The van der Waals surface area contributed by atoms with Gasteiger partial charge in [-0.2, -0.15) is 10.5 Å². The van der Waals surface area contributed by atoms with E-state index in [1.165, 1.54) is 6.20 Å². The van der Waals surface area contributed by atoms with Gasteiger partial charge in [-0.25, -0.2) is 4.98 Å². The van der Waals surface area contributed by atoms with Crippen LogP contribution in [0.15, 0.2) is 24.2 Å². The highest BCUT2D eigenvalue weighted by Gasteiger charge is 2.09. The van der Waals surface area contributed by atoms with Crippen LogP contribution in [0, 0.1) is 36.5 Å². The van der Waals surface area contributed by atoms with Gasteiger partial charge in [0.1, 0.15) is 23.2 Å². The van der Waals surface area contributed by atoms with E-state index in [-0.39, 0.29) is 5.57 Å². The van der Waals surface area contributed by atoms with E-state index in [4.69, 9.17) is 10.5 Å². The second-order valence-electron chi connectivity index (χ2n) is 3.92. The van der Waals surface area contributed by atoms with Gasteiger partial charge in [-0.3, -0.25) is 0 Å². The number of aromatic nitrogens is 2. The fourth-order valence-corrected chi connectivity index (χ4v) is 1.72. The molecule has 1 aromatic carbocycles. The summed E-state index contributed by atoms with van der Waals surface area (Å²) in [6.07, 6.45) is 3.02. The minimum atomic E-state index is 0.0274. The number of nitrogens with zero attached hydrogens (tertiary/aromatic N) is 3. The Morgan fingerprint density at radius 2 is 2.11 bits per heavy atom. The van der Waals surface area contributed by atoms with Crippen LogP contribution in [0.2, 0.25) is 0 Å². The van der Waals surface area contributed by atoms with Gasteiger partial charge in [-0.05, 0) is 31.0 Å². The summed E-state index contributed by atoms with van der Waals surface area (Å²) in [6, 6.07) is 5.63. The van der Waals surface area contributed by atoms with Crippen molar-refractivity contribution in [3.05, 3.63) is 35.3 Å². The van der Waals surface area contributed by atoms with Crippen molar-refractivity contribution in [2.24, 2.45) is 0 Å². The molecule has 1 aromatic heterocycles. The highest BCUT2D eigenvalue weighted by atomic mass is 14.9. The van der Waals surface area contributed by atoms with Crippen molar-refractivity contribution in [2.45, 2.75) is 13.8 Å². The molecule has 0 spiro atoms. The third kappa shape index (κ3) is 1.90. The van der Waals surface area contributed by atoms with Crippen molar-refractivity contribution in [3.63, 3.8) is 0 Å². The van der Waals surface area contributed by atoms with Crippen molar-refractivity contribution >= 4 is 16.7 Å². The van der Waals surface area contributed by atoms with E-state index in [1.807, 2.05) is 32.1 Å². The van der Waals surface area contributed by atoms with Gasteiger partial charge in [0, 0.05) is 6.20 Å². The first-order valence-corrected chi connectivity index (χ1v) is 5.37. The van der Waals surface area contributed by atoms with E-state index < -0.39 is 0 Å². The number of fused-ring (bicyclic) bond motifs is 1. The van der Waals surface area contributed by atoms with Crippen molar-refractivity contribution in [2.75, 3.05) is 5.32 Å². The molecule has 2 aromatic rings. The molecule has 5 nitrogen and oxygen atoms in total. The monoisotopic (exact) mass is 237 g/mol. The second kappa shape index (κ2) is 4.60. The number of imidazole rings is 1. The number of rotatable bonds is 2. The number of aromatic amines is 1. The number of hydrogen-bond donors (Lipinski definition) is 2. The van der Waals surface area contributed by atoms with Gasteiger partial charge >= 0.3 is 0 Å². The number of H-pyrrole nitrogens is 1. The molecule has 0 aliphatic rings. The lowest BCUT2D eigenvalue weighted by Gasteiger charge is -2.09. The van der Waals surface area contributed by atoms with E-state index in [9.17, 15) is 0 Å². The summed E-state index contributed by atoms with van der Waals surface area (Å²) < 4.78 is 0. The number of anilines is 1. The molecule has 0 bridgehead atoms. The molecule has 0 unspecified atom stereocenters. The van der Waals surface area contributed by atoms with Crippen LogP contribution in [-0.4, -0.2) is 9.97 Å². The summed E-state index contributed by atoms with van der Waals surface area (Å²) in [5.74, 6) is 0. The number of nitrogens with one attached hydrogen (secondary N) is 2. The molecule has 2 rings (SSSR count). The predicted octanol–water partition coefficient (Wildman–Crippen LogP) is 2.52. The molecule has 1 heterocycles. The van der Waals surface area contributed by atoms with Gasteiger partial charge < -0.3 is 10.3 Å². The molecular weight excluding hydrogens is 226 g/mol. The van der Waals surface area contributed by atoms with E-state index in [1.54, 1.807) is 6.33 Å². The Morgan fingerprint density at radius 1 is 1.39 bits per heavy atom. The fourth-order valence-electron chi connectivity index (χ4n) is 1.72. The molecular formula is C13H11N5. The lowest BCUT2D eigenvalue weighted by molar-refractivity contribution is 1.34. The van der Waals surface area contributed by atoms with Gasteiger partial charge in [0.15, 0.2) is 0 Å². The normalized spacial score (nSPS) is 9.56. The Morgan fingerprint density at radius 3 is 2.78 bits per heavy atom. The van der Waals surface area contributed by atoms with E-state index in [0.717, 1.165) is 27.8 Å². The van der Waals surface area contributed by atoms with Crippen LogP contribution in [0.25, 0.3) is 11.0 Å². The second-order valence-corrected chi connectivity index (χ2v) is 3.92. The summed E-state index contributed by atoms with van der Waals surface area (Å²) in [6.45, 7) is 3.97. The molecule has 18 heavy (non-hydrogen) atoms. The summed E-state index contributed by atoms with van der Waals surface area (Å²) in [5, 5.41) is 20.4. The van der Waals surface area contributed by atoms with Crippen LogP contribution in [-0.2, 0) is 0 Å². The van der Waals surface area contributed by atoms with E-state index >= 15 is 0 Å². The smallest absolute Gasteiger partial charge is 0.145 e. The van der Waals surface area contributed by atoms with Crippen molar-refractivity contribution in [3.8, 4) is 12.1 Å². The Labute approximate surface area is 104 Å². The Kier molecular flexibility index (Phi) is 2.99. The lowest BCUT2D eigenvalue weighted by atomic mass is 10.1. The molecule has 0 fully saturated rings. The van der Waals surface area contributed by atoms with Gasteiger partial charge in [0.25, 0.3) is 0 Å². The van der Waals surface area contributed by atoms with Crippen LogP contribution >= 0.6 is 0 Å². The number of benzene rings is 1. The van der Waals surface area contributed by atoms with Crippen LogP contribution in [0.4, 0.5) is 5.69 Å². The minimum Gasteiger partial charge on any atom is -0.358 e. The third-order valence-corrected chi connectivity index (χ3v) is 2.83. The van der Waals surface area contributed by atoms with E-state index in [0.29, 0.717) is 0 Å². The lowest BCUT2D eigenvalue weighted by Crippen LogP contribution is -1.96. The highest BCUT2D eigenvalue weighted by Crippen LogP contribution is 2.27. The topological polar surface area (TPSA) is 88.3 Å². The first-order chi connectivity index (χ1) is 8.67. The summed E-state index contributed by atoms with van der Waals surface area (Å²) in [5.41, 5.74) is 4.71. The standard InChI is InChI=1S/C13H11N5/c1-8-3-11-13(18-7-17-11)12(9(8)2)16-6-10(4-14)5-15/h3,6-7,16H,1-2H3,(H,17,18). The van der Waals surface area contributed by atoms with Gasteiger partial charge in [-0.1, -0.05) is 0 Å². The largest absolute Gasteiger partial charge is 0.358 e. The summed E-state index contributed by atoms with van der Waals surface area (Å²) >= 11 is 0. The predicted molar refractivity (Wildman–Crippen MR) is 68.5 cm³/mol. The zero-order valence-electron chi connectivity index (χ0n) is 10.1. The maximum atomic E-state index is 8.70. The van der Waals surface area contributed by atoms with Crippen molar-refractivity contribution in [1.82, 2.24) is 9.97 Å². The van der Waals surface area contributed by atoms with Gasteiger partial charge in [0.05, 0.1) is 17.5 Å². The molecule has 5 heteroatoms. The van der Waals surface area contributed by atoms with Crippen LogP contribution < -0.4 is 5.32 Å². The minimum absolute atomic E-state index is 0.0274. The number of hydrogen-bond acceptors (Lipinski definition) is 4. The van der Waals surface area contributed by atoms with Crippen molar-refractivity contribution in [1.29, 1.82) is 10.5 Å². The fraction of sp³-hybridized carbons (Fsp3) is 0.154. The zero-order chi connectivity index (χ0) is 13.1. The number of aryl methyl sites for hydroxylation is 1. The average Bonchev–Trinajstić information content (AvgIpc) is 2.82. The molecule has 0 radical (unpaired) electrons. The first-order valence-electron chi connectivity index (χ1n) is 5.37. The Hall–Kier alpha value is -2.79. The van der Waals surface area contributed by atoms with Crippen LogP contribution in [0.1, 0.15) is 11.1 Å². The maximum absolute atomic E-state index is 8.70. The summed E-state index contributed by atoms with van der Waals surface area (Å²) in [4.78, 5) is 7.28. The number of nitriles is 2. The molecule has 88 valence electrons. The molecule has 0 aliphatic carbocycles. The average molecular weight is 237 g/mol. The maximum Gasteiger partial charge on any atom is 0.145 e. The van der Waals surface area contributed by atoms with Gasteiger partial charge in [0.2, 0.25) is 0 Å². The van der Waals surface area contributed by atoms with Crippen molar-refractivity contribution < 1.29 is 0 Å². The highest BCUT2D eigenvalue weighted by molar-refractivity contribution is 5.91. The number of allylic oxidation sites excluding steroid dienone is 1. The Bertz CT molecular complexity index is 693. The quantitative estimate of drug-likeness (QED) is 0.785. The molecule has 0 amide bonds. The molecule has 0 saturated heterocycles. The van der Waals surface area contributed by atoms with Crippen LogP contribution in [0.5, 0.6) is 0 Å². The van der Waals surface area contributed by atoms with E-state index in [2.05, 4.69) is 15.3 Å². The Balaban J connectivity index is 2.54. The third-order valence-electron chi connectivity index (χ3n) is 2.83. The molecule has 0 aliphatic heterocycles. The van der Waals surface area contributed by atoms with Gasteiger partial charge in [-0.15, -0.1) is 0 Å². The summed E-state index contributed by atoms with van der Waals surface area (Å²) in [7, 11) is 0. The zero-order valence-corrected chi connectivity index (χ0v) is 10.1. The molecule has 0 atom stereocenters. The first kappa shape index (κ1) is 11.7. The molecule has 2 N–H and O–H groups in total.